The Balaban J connectivity index is 1.41. The predicted molar refractivity (Wildman–Crippen MR) is 147 cm³/mol. The van der Waals surface area contributed by atoms with Gasteiger partial charge in [0.1, 0.15) is 5.75 Å². The summed E-state index contributed by atoms with van der Waals surface area (Å²) in [5.41, 5.74) is 5.24. The number of nitrogens with one attached hydrogen (secondary N) is 1. The van der Waals surface area contributed by atoms with Gasteiger partial charge in [0.2, 0.25) is 0 Å². The Morgan fingerprint density at radius 1 is 0.865 bits per heavy atom. The maximum absolute atomic E-state index is 13.5. The molecule has 0 radical (unpaired) electrons. The summed E-state index contributed by atoms with van der Waals surface area (Å²) in [6.07, 6.45) is 4.46. The van der Waals surface area contributed by atoms with Crippen LogP contribution in [-0.2, 0) is 0 Å². The second-order valence-corrected chi connectivity index (χ2v) is 9.54. The fourth-order valence-corrected chi connectivity index (χ4v) is 4.79. The average molecular weight is 494 g/mol. The van der Waals surface area contributed by atoms with Gasteiger partial charge in [-0.1, -0.05) is 24.5 Å². The molecule has 1 N–H and O–H groups in total. The Morgan fingerprint density at radius 2 is 1.57 bits per heavy atom. The molecule has 0 aliphatic carbocycles. The van der Waals surface area contributed by atoms with Crippen LogP contribution in [0.5, 0.6) is 5.75 Å². The summed E-state index contributed by atoms with van der Waals surface area (Å²) in [7, 11) is 1.63. The highest BCUT2D eigenvalue weighted by molar-refractivity contribution is 6.13. The maximum Gasteiger partial charge on any atom is 0.256 e. The van der Waals surface area contributed by atoms with Crippen LogP contribution in [0.25, 0.3) is 22.2 Å². The lowest BCUT2D eigenvalue weighted by Gasteiger charge is -2.20. The second kappa shape index (κ2) is 10.8. The van der Waals surface area contributed by atoms with Crippen molar-refractivity contribution < 1.29 is 14.3 Å². The van der Waals surface area contributed by atoms with Crippen molar-refractivity contribution in [2.75, 3.05) is 25.5 Å². The first-order chi connectivity index (χ1) is 18.0. The normalized spacial score (nSPS) is 13.7. The van der Waals surface area contributed by atoms with Crippen molar-refractivity contribution in [1.29, 1.82) is 0 Å². The van der Waals surface area contributed by atoms with Crippen LogP contribution in [0.2, 0.25) is 0 Å². The van der Waals surface area contributed by atoms with Crippen molar-refractivity contribution in [3.8, 4) is 17.0 Å². The molecule has 0 bridgehead atoms. The molecule has 4 aromatic rings. The minimum absolute atomic E-state index is 0.0551. The number of ether oxygens (including phenoxy) is 1. The standard InChI is InChI=1S/C31H31N3O3/c1-21-7-16-28-26(19-21)27(20-29(33-28)22-10-14-25(37-2)15-11-22)30(35)32-24-12-8-23(9-13-24)31(36)34-17-5-3-4-6-18-34/h7-16,19-20H,3-6,17-18H2,1-2H3,(H,32,35). The number of fused-ring (bicyclic) bond motifs is 1. The van der Waals surface area contributed by atoms with E-state index in [0.717, 1.165) is 53.7 Å². The first-order valence-electron chi connectivity index (χ1n) is 12.8. The van der Waals surface area contributed by atoms with Gasteiger partial charge in [0, 0.05) is 35.3 Å². The molecular weight excluding hydrogens is 462 g/mol. The van der Waals surface area contributed by atoms with E-state index in [1.54, 1.807) is 31.4 Å². The number of carbonyl (C=O) groups is 2. The van der Waals surface area contributed by atoms with Gasteiger partial charge in [-0.3, -0.25) is 9.59 Å². The third-order valence-electron chi connectivity index (χ3n) is 6.88. The zero-order valence-electron chi connectivity index (χ0n) is 21.3. The number of methoxy groups -OCH3 is 1. The van der Waals surface area contributed by atoms with E-state index < -0.39 is 0 Å². The number of benzene rings is 3. The van der Waals surface area contributed by atoms with Gasteiger partial charge in [-0.2, -0.15) is 0 Å². The topological polar surface area (TPSA) is 71.5 Å². The molecule has 1 aliphatic heterocycles. The van der Waals surface area contributed by atoms with Crippen LogP contribution in [0, 0.1) is 6.92 Å². The van der Waals surface area contributed by atoms with Crippen LogP contribution in [0.15, 0.2) is 72.8 Å². The second-order valence-electron chi connectivity index (χ2n) is 9.54. The van der Waals surface area contributed by atoms with Gasteiger partial charge in [-0.15, -0.1) is 0 Å². The van der Waals surface area contributed by atoms with Crippen molar-refractivity contribution in [3.05, 3.63) is 89.5 Å². The van der Waals surface area contributed by atoms with E-state index in [0.29, 0.717) is 22.5 Å². The Hall–Kier alpha value is -4.19. The van der Waals surface area contributed by atoms with E-state index in [1.807, 2.05) is 60.4 Å². The van der Waals surface area contributed by atoms with Crippen LogP contribution in [0.1, 0.15) is 52.0 Å². The van der Waals surface area contributed by atoms with Gasteiger partial charge in [-0.25, -0.2) is 4.98 Å². The minimum Gasteiger partial charge on any atom is -0.497 e. The molecule has 1 saturated heterocycles. The number of anilines is 1. The smallest absolute Gasteiger partial charge is 0.256 e. The number of hydrogen-bond acceptors (Lipinski definition) is 4. The van der Waals surface area contributed by atoms with Crippen LogP contribution < -0.4 is 10.1 Å². The molecule has 2 heterocycles. The predicted octanol–water partition coefficient (Wildman–Crippen LogP) is 6.49. The molecule has 1 aliphatic rings. The summed E-state index contributed by atoms with van der Waals surface area (Å²) >= 11 is 0. The molecule has 6 nitrogen and oxygen atoms in total. The minimum atomic E-state index is -0.223. The largest absolute Gasteiger partial charge is 0.497 e. The summed E-state index contributed by atoms with van der Waals surface area (Å²) in [5, 5.41) is 3.81. The summed E-state index contributed by atoms with van der Waals surface area (Å²) < 4.78 is 5.27. The molecule has 0 unspecified atom stereocenters. The monoisotopic (exact) mass is 493 g/mol. The van der Waals surface area contributed by atoms with Crippen LogP contribution in [-0.4, -0.2) is 41.9 Å². The Bertz CT molecular complexity index is 1420. The van der Waals surface area contributed by atoms with Gasteiger partial charge in [0.15, 0.2) is 0 Å². The van der Waals surface area contributed by atoms with Gasteiger partial charge >= 0.3 is 0 Å². The van der Waals surface area contributed by atoms with E-state index in [2.05, 4.69) is 5.32 Å². The van der Waals surface area contributed by atoms with Crippen LogP contribution in [0.4, 0.5) is 5.69 Å². The highest BCUT2D eigenvalue weighted by Gasteiger charge is 2.18. The zero-order valence-corrected chi connectivity index (χ0v) is 21.3. The number of aryl methyl sites for hydroxylation is 1. The van der Waals surface area contributed by atoms with Crippen molar-refractivity contribution in [2.45, 2.75) is 32.6 Å². The average Bonchev–Trinajstić information content (AvgIpc) is 3.22. The van der Waals surface area contributed by atoms with Crippen LogP contribution >= 0.6 is 0 Å². The molecule has 37 heavy (non-hydrogen) atoms. The fourth-order valence-electron chi connectivity index (χ4n) is 4.79. The lowest BCUT2D eigenvalue weighted by Crippen LogP contribution is -2.31. The Labute approximate surface area is 217 Å². The highest BCUT2D eigenvalue weighted by Crippen LogP contribution is 2.28. The molecule has 5 rings (SSSR count). The lowest BCUT2D eigenvalue weighted by atomic mass is 10.0. The molecule has 3 aromatic carbocycles. The van der Waals surface area contributed by atoms with Crippen LogP contribution in [0.3, 0.4) is 0 Å². The summed E-state index contributed by atoms with van der Waals surface area (Å²) in [5.74, 6) is 0.592. The summed E-state index contributed by atoms with van der Waals surface area (Å²) in [6, 6.07) is 22.5. The zero-order chi connectivity index (χ0) is 25.8. The number of carbonyl (C=O) groups excluding carboxylic acids is 2. The first-order valence-corrected chi connectivity index (χ1v) is 12.8. The molecule has 0 saturated carbocycles. The number of likely N-dealkylation sites (tertiary alicyclic amines) is 1. The fraction of sp³-hybridized carbons (Fsp3) is 0.258. The number of hydrogen-bond donors (Lipinski definition) is 1. The summed E-state index contributed by atoms with van der Waals surface area (Å²) in [4.78, 5) is 33.2. The highest BCUT2D eigenvalue weighted by atomic mass is 16.5. The molecule has 0 atom stereocenters. The van der Waals surface area contributed by atoms with Crippen molar-refractivity contribution in [2.24, 2.45) is 0 Å². The van der Waals surface area contributed by atoms with Crippen molar-refractivity contribution in [1.82, 2.24) is 9.88 Å². The number of nitrogens with zero attached hydrogens (tertiary/aromatic N) is 2. The van der Waals surface area contributed by atoms with Gasteiger partial charge in [-0.05, 0) is 86.5 Å². The Kier molecular flexibility index (Phi) is 7.17. The van der Waals surface area contributed by atoms with E-state index in [9.17, 15) is 9.59 Å². The number of rotatable bonds is 5. The molecule has 188 valence electrons. The quantitative estimate of drug-likeness (QED) is 0.345. The van der Waals surface area contributed by atoms with E-state index in [4.69, 9.17) is 9.72 Å². The third kappa shape index (κ3) is 5.48. The molecule has 6 heteroatoms. The first kappa shape index (κ1) is 24.5. The van der Waals surface area contributed by atoms with Gasteiger partial charge in [0.25, 0.3) is 11.8 Å². The molecule has 1 aromatic heterocycles. The van der Waals surface area contributed by atoms with E-state index in [-0.39, 0.29) is 11.8 Å². The number of aromatic nitrogens is 1. The SMILES string of the molecule is COc1ccc(-c2cc(C(=O)Nc3ccc(C(=O)N4CCCCCC4)cc3)c3cc(C)ccc3n2)cc1. The maximum atomic E-state index is 13.5. The van der Waals surface area contributed by atoms with E-state index in [1.165, 1.54) is 12.8 Å². The lowest BCUT2D eigenvalue weighted by molar-refractivity contribution is 0.0761. The molecule has 2 amide bonds. The third-order valence-corrected chi connectivity index (χ3v) is 6.88. The van der Waals surface area contributed by atoms with Gasteiger partial charge in [0.05, 0.1) is 23.9 Å². The van der Waals surface area contributed by atoms with E-state index >= 15 is 0 Å². The van der Waals surface area contributed by atoms with Gasteiger partial charge < -0.3 is 15.0 Å². The molecular formula is C31H31N3O3. The number of amides is 2. The van der Waals surface area contributed by atoms with Crippen molar-refractivity contribution >= 4 is 28.4 Å². The Morgan fingerprint density at radius 3 is 2.24 bits per heavy atom. The molecule has 1 fully saturated rings. The summed E-state index contributed by atoms with van der Waals surface area (Å²) in [6.45, 7) is 3.61. The van der Waals surface area contributed by atoms with Crippen molar-refractivity contribution in [3.63, 3.8) is 0 Å². The molecule has 0 spiro atoms. The number of pyridine rings is 1.